The molecule has 0 bridgehead atoms. The first-order chi connectivity index (χ1) is 9.67. The van der Waals surface area contributed by atoms with Gasteiger partial charge in [-0.05, 0) is 13.8 Å². The maximum absolute atomic E-state index is 11.9. The molecule has 1 heterocycles. The summed E-state index contributed by atoms with van der Waals surface area (Å²) in [5.74, 6) is 1.87. The number of methoxy groups -OCH3 is 1. The summed E-state index contributed by atoms with van der Waals surface area (Å²) in [5, 5.41) is 6.04. The Bertz CT molecular complexity index is 435. The smallest absolute Gasteiger partial charge is 0.224 e. The van der Waals surface area contributed by atoms with E-state index in [9.17, 15) is 4.79 Å². The second kappa shape index (κ2) is 8.19. The largest absolute Gasteiger partial charge is 0.490 e. The Morgan fingerprint density at radius 2 is 1.95 bits per heavy atom. The molecule has 7 heteroatoms. The molecule has 0 aromatic carbocycles. The molecule has 0 radical (unpaired) electrons. The number of carbonyl (C=O) groups excluding carboxylic acids is 1. The predicted molar refractivity (Wildman–Crippen MR) is 79.2 cm³/mol. The molecule has 1 aromatic heterocycles. The van der Waals surface area contributed by atoms with Crippen molar-refractivity contribution in [1.82, 2.24) is 14.9 Å². The van der Waals surface area contributed by atoms with Gasteiger partial charge in [0.25, 0.3) is 0 Å². The van der Waals surface area contributed by atoms with Gasteiger partial charge in [-0.2, -0.15) is 0 Å². The van der Waals surface area contributed by atoms with Crippen molar-refractivity contribution < 1.29 is 9.53 Å². The Labute approximate surface area is 119 Å². The van der Waals surface area contributed by atoms with Gasteiger partial charge in [0.2, 0.25) is 11.7 Å². The molecule has 0 spiro atoms. The fourth-order valence-corrected chi connectivity index (χ4v) is 1.89. The summed E-state index contributed by atoms with van der Waals surface area (Å²) in [6.07, 6.45) is 1.87. The molecular weight excluding hydrogens is 258 g/mol. The van der Waals surface area contributed by atoms with Gasteiger partial charge in [0.05, 0.1) is 7.11 Å². The van der Waals surface area contributed by atoms with Crippen LogP contribution in [-0.4, -0.2) is 54.6 Å². The van der Waals surface area contributed by atoms with Crippen LogP contribution in [0.5, 0.6) is 5.75 Å². The fraction of sp³-hybridized carbons (Fsp3) is 0.615. The van der Waals surface area contributed by atoms with Gasteiger partial charge in [-0.25, -0.2) is 9.97 Å². The quantitative estimate of drug-likeness (QED) is 0.745. The van der Waals surface area contributed by atoms with Crippen molar-refractivity contribution in [2.24, 2.45) is 0 Å². The van der Waals surface area contributed by atoms with Crippen molar-refractivity contribution >= 4 is 17.5 Å². The third-order valence-electron chi connectivity index (χ3n) is 2.99. The van der Waals surface area contributed by atoms with E-state index in [4.69, 9.17) is 4.74 Å². The van der Waals surface area contributed by atoms with Crippen molar-refractivity contribution in [2.75, 3.05) is 44.4 Å². The Hall–Kier alpha value is -2.05. The average Bonchev–Trinajstić information content (AvgIpc) is 2.48. The minimum atomic E-state index is 0.129. The monoisotopic (exact) mass is 281 g/mol. The second-order valence-corrected chi connectivity index (χ2v) is 4.10. The summed E-state index contributed by atoms with van der Waals surface area (Å²) in [4.78, 5) is 21.9. The van der Waals surface area contributed by atoms with Gasteiger partial charge in [-0.15, -0.1) is 0 Å². The number of aromatic nitrogens is 2. The van der Waals surface area contributed by atoms with Crippen LogP contribution < -0.4 is 15.4 Å². The zero-order valence-corrected chi connectivity index (χ0v) is 12.6. The van der Waals surface area contributed by atoms with Crippen molar-refractivity contribution in [1.29, 1.82) is 0 Å². The molecule has 0 saturated heterocycles. The standard InChI is InChI=1S/C13H23N5O2/c1-5-18(6-2)10(19)7-8-15-13-11(20-4)12(14-3)16-9-17-13/h9H,5-8H2,1-4H3,(H2,14,15,16,17). The molecule has 7 nitrogen and oxygen atoms in total. The summed E-state index contributed by atoms with van der Waals surface area (Å²) in [7, 11) is 3.32. The Balaban J connectivity index is 2.60. The zero-order chi connectivity index (χ0) is 15.0. The number of nitrogens with one attached hydrogen (secondary N) is 2. The molecule has 1 aromatic rings. The predicted octanol–water partition coefficient (Wildman–Crippen LogP) is 1.20. The van der Waals surface area contributed by atoms with Crippen molar-refractivity contribution in [3.63, 3.8) is 0 Å². The molecule has 0 saturated carbocycles. The van der Waals surface area contributed by atoms with E-state index < -0.39 is 0 Å². The molecule has 0 aliphatic rings. The lowest BCUT2D eigenvalue weighted by Gasteiger charge is -2.19. The van der Waals surface area contributed by atoms with E-state index in [-0.39, 0.29) is 5.91 Å². The van der Waals surface area contributed by atoms with Crippen LogP contribution in [0.15, 0.2) is 6.33 Å². The Kier molecular flexibility index (Phi) is 6.55. The highest BCUT2D eigenvalue weighted by atomic mass is 16.5. The summed E-state index contributed by atoms with van der Waals surface area (Å²) in [6, 6.07) is 0. The molecule has 112 valence electrons. The number of carbonyl (C=O) groups is 1. The van der Waals surface area contributed by atoms with Crippen LogP contribution in [-0.2, 0) is 4.79 Å². The maximum atomic E-state index is 11.9. The summed E-state index contributed by atoms with van der Waals surface area (Å²) < 4.78 is 5.27. The molecule has 1 rings (SSSR count). The third-order valence-corrected chi connectivity index (χ3v) is 2.99. The van der Waals surface area contributed by atoms with Crippen molar-refractivity contribution in [3.8, 4) is 5.75 Å². The molecule has 0 aliphatic heterocycles. The normalized spacial score (nSPS) is 10.0. The Morgan fingerprint density at radius 1 is 1.30 bits per heavy atom. The maximum Gasteiger partial charge on any atom is 0.224 e. The molecule has 20 heavy (non-hydrogen) atoms. The molecule has 2 N–H and O–H groups in total. The van der Waals surface area contributed by atoms with E-state index in [1.54, 1.807) is 19.1 Å². The summed E-state index contributed by atoms with van der Waals surface area (Å²) in [5.41, 5.74) is 0. The van der Waals surface area contributed by atoms with Gasteiger partial charge < -0.3 is 20.3 Å². The van der Waals surface area contributed by atoms with E-state index in [1.165, 1.54) is 6.33 Å². The second-order valence-electron chi connectivity index (χ2n) is 4.10. The SMILES string of the molecule is CCN(CC)C(=O)CCNc1ncnc(NC)c1OC. The van der Waals surface area contributed by atoms with Gasteiger partial charge >= 0.3 is 0 Å². The van der Waals surface area contributed by atoms with Crippen LogP contribution >= 0.6 is 0 Å². The first-order valence-corrected chi connectivity index (χ1v) is 6.76. The van der Waals surface area contributed by atoms with Crippen LogP contribution in [0.3, 0.4) is 0 Å². The number of anilines is 2. The molecule has 1 amide bonds. The lowest BCUT2D eigenvalue weighted by Crippen LogP contribution is -2.31. The van der Waals surface area contributed by atoms with E-state index in [0.29, 0.717) is 30.4 Å². The van der Waals surface area contributed by atoms with Crippen LogP contribution in [0.25, 0.3) is 0 Å². The van der Waals surface area contributed by atoms with Crippen molar-refractivity contribution in [2.45, 2.75) is 20.3 Å². The van der Waals surface area contributed by atoms with E-state index >= 15 is 0 Å². The highest BCUT2D eigenvalue weighted by Gasteiger charge is 2.12. The van der Waals surface area contributed by atoms with Crippen LogP contribution in [0.4, 0.5) is 11.6 Å². The van der Waals surface area contributed by atoms with E-state index in [2.05, 4.69) is 20.6 Å². The number of amides is 1. The fourth-order valence-electron chi connectivity index (χ4n) is 1.89. The number of ether oxygens (including phenoxy) is 1. The molecule has 0 aliphatic carbocycles. The molecule has 0 unspecified atom stereocenters. The first-order valence-electron chi connectivity index (χ1n) is 6.76. The van der Waals surface area contributed by atoms with Gasteiger partial charge in [0, 0.05) is 33.1 Å². The van der Waals surface area contributed by atoms with Gasteiger partial charge in [0.1, 0.15) is 6.33 Å². The van der Waals surface area contributed by atoms with Gasteiger partial charge in [-0.3, -0.25) is 4.79 Å². The minimum Gasteiger partial charge on any atom is -0.490 e. The zero-order valence-electron chi connectivity index (χ0n) is 12.6. The molecule has 0 atom stereocenters. The summed E-state index contributed by atoms with van der Waals surface area (Å²) in [6.45, 7) is 5.92. The topological polar surface area (TPSA) is 79.4 Å². The average molecular weight is 281 g/mol. The van der Waals surface area contributed by atoms with Crippen LogP contribution in [0.2, 0.25) is 0 Å². The number of hydrogen-bond donors (Lipinski definition) is 2. The highest BCUT2D eigenvalue weighted by Crippen LogP contribution is 2.28. The van der Waals surface area contributed by atoms with Crippen LogP contribution in [0, 0.1) is 0 Å². The summed E-state index contributed by atoms with van der Waals surface area (Å²) >= 11 is 0. The van der Waals surface area contributed by atoms with Gasteiger partial charge in [-0.1, -0.05) is 0 Å². The first kappa shape index (κ1) is 16.0. The van der Waals surface area contributed by atoms with Gasteiger partial charge in [0.15, 0.2) is 11.6 Å². The minimum absolute atomic E-state index is 0.129. The van der Waals surface area contributed by atoms with Crippen LogP contribution in [0.1, 0.15) is 20.3 Å². The Morgan fingerprint density at radius 3 is 2.50 bits per heavy atom. The van der Waals surface area contributed by atoms with E-state index in [1.807, 2.05) is 13.8 Å². The molecule has 0 fully saturated rings. The van der Waals surface area contributed by atoms with Crippen molar-refractivity contribution in [3.05, 3.63) is 6.33 Å². The molecular formula is C13H23N5O2. The number of rotatable bonds is 8. The van der Waals surface area contributed by atoms with E-state index in [0.717, 1.165) is 13.1 Å². The number of nitrogens with zero attached hydrogens (tertiary/aromatic N) is 3. The lowest BCUT2D eigenvalue weighted by atomic mass is 10.3. The lowest BCUT2D eigenvalue weighted by molar-refractivity contribution is -0.130. The number of hydrogen-bond acceptors (Lipinski definition) is 6. The highest BCUT2D eigenvalue weighted by molar-refractivity contribution is 5.76. The third kappa shape index (κ3) is 3.97.